The minimum atomic E-state index is 0. The maximum Gasteiger partial charge on any atom is 0.228 e. The van der Waals surface area contributed by atoms with E-state index in [1.54, 1.807) is 0 Å². The van der Waals surface area contributed by atoms with Gasteiger partial charge in [0.1, 0.15) is 5.75 Å². The molecule has 0 radical (unpaired) electrons. The summed E-state index contributed by atoms with van der Waals surface area (Å²) in [6.45, 7) is 11.0. The Hall–Kier alpha value is -1.84. The topological polar surface area (TPSA) is 75.8 Å². The molecule has 2 aromatic rings. The summed E-state index contributed by atoms with van der Waals surface area (Å²) in [7, 11) is 2.03. The molecule has 7 nitrogen and oxygen atoms in total. The smallest absolute Gasteiger partial charge is 0.228 e. The number of benzene rings is 1. The van der Waals surface area contributed by atoms with Crippen molar-refractivity contribution in [2.45, 2.75) is 46.6 Å². The Morgan fingerprint density at radius 2 is 1.96 bits per heavy atom. The molecule has 1 aromatic heterocycles. The second-order valence-electron chi connectivity index (χ2n) is 6.62. The van der Waals surface area contributed by atoms with E-state index < -0.39 is 0 Å². The van der Waals surface area contributed by atoms with Crippen LogP contribution in [0.1, 0.15) is 50.9 Å². The first-order chi connectivity index (χ1) is 13.0. The molecule has 0 aliphatic heterocycles. The van der Waals surface area contributed by atoms with E-state index in [1.165, 1.54) is 5.56 Å². The molecule has 28 heavy (non-hydrogen) atoms. The van der Waals surface area contributed by atoms with Gasteiger partial charge in [-0.1, -0.05) is 31.1 Å². The molecule has 0 saturated carbocycles. The molecule has 0 bridgehead atoms. The van der Waals surface area contributed by atoms with Crippen LogP contribution in [0.4, 0.5) is 0 Å². The van der Waals surface area contributed by atoms with Crippen LogP contribution in [0.3, 0.4) is 0 Å². The van der Waals surface area contributed by atoms with Gasteiger partial charge in [0.15, 0.2) is 11.8 Å². The van der Waals surface area contributed by atoms with Gasteiger partial charge in [-0.25, -0.2) is 0 Å². The number of rotatable bonds is 9. The fourth-order valence-corrected chi connectivity index (χ4v) is 2.54. The number of halogens is 1. The Bertz CT molecular complexity index is 716. The normalized spacial score (nSPS) is 11.3. The van der Waals surface area contributed by atoms with Gasteiger partial charge in [0.2, 0.25) is 5.89 Å². The maximum absolute atomic E-state index is 5.49. The Kier molecular flexibility index (Phi) is 10.9. The van der Waals surface area contributed by atoms with Crippen LogP contribution in [0.5, 0.6) is 5.75 Å². The average molecular weight is 501 g/mol. The lowest BCUT2D eigenvalue weighted by Crippen LogP contribution is -2.38. The second kappa shape index (κ2) is 12.6. The molecule has 0 saturated heterocycles. The van der Waals surface area contributed by atoms with E-state index >= 15 is 0 Å². The van der Waals surface area contributed by atoms with Crippen molar-refractivity contribution in [3.05, 3.63) is 41.5 Å². The first-order valence-electron chi connectivity index (χ1n) is 9.57. The van der Waals surface area contributed by atoms with Crippen molar-refractivity contribution in [2.24, 2.45) is 4.99 Å². The predicted octanol–water partition coefficient (Wildman–Crippen LogP) is 3.85. The SMILES string of the molecule is CCNC(=NCCc1nc(C(C)C)no1)N(C)Cc1ccc(OCC)cc1.I. The van der Waals surface area contributed by atoms with Gasteiger partial charge in [-0.15, -0.1) is 24.0 Å². The lowest BCUT2D eigenvalue weighted by Gasteiger charge is -2.22. The zero-order valence-electron chi connectivity index (χ0n) is 17.4. The Morgan fingerprint density at radius 1 is 1.25 bits per heavy atom. The Labute approximate surface area is 185 Å². The van der Waals surface area contributed by atoms with Crippen molar-refractivity contribution >= 4 is 29.9 Å². The van der Waals surface area contributed by atoms with Crippen LogP contribution in [-0.2, 0) is 13.0 Å². The molecule has 0 aliphatic rings. The van der Waals surface area contributed by atoms with E-state index in [2.05, 4.69) is 44.4 Å². The summed E-state index contributed by atoms with van der Waals surface area (Å²) < 4.78 is 10.8. The van der Waals surface area contributed by atoms with Gasteiger partial charge in [-0.3, -0.25) is 4.99 Å². The van der Waals surface area contributed by atoms with E-state index in [1.807, 2.05) is 40.0 Å². The number of aromatic nitrogens is 2. The zero-order chi connectivity index (χ0) is 19.6. The molecule has 0 unspecified atom stereocenters. The van der Waals surface area contributed by atoms with Crippen molar-refractivity contribution in [1.82, 2.24) is 20.4 Å². The van der Waals surface area contributed by atoms with Crippen LogP contribution in [-0.4, -0.2) is 47.7 Å². The molecular weight excluding hydrogens is 469 g/mol. The van der Waals surface area contributed by atoms with Gasteiger partial charge < -0.3 is 19.5 Å². The second-order valence-corrected chi connectivity index (χ2v) is 6.62. The first kappa shape index (κ1) is 24.2. The number of nitrogens with zero attached hydrogens (tertiary/aromatic N) is 4. The highest BCUT2D eigenvalue weighted by Gasteiger charge is 2.10. The molecule has 0 spiro atoms. The maximum atomic E-state index is 5.49. The van der Waals surface area contributed by atoms with Crippen LogP contribution < -0.4 is 10.1 Å². The van der Waals surface area contributed by atoms with Crippen LogP contribution in [0, 0.1) is 0 Å². The van der Waals surface area contributed by atoms with E-state index in [-0.39, 0.29) is 29.9 Å². The monoisotopic (exact) mass is 501 g/mol. The fraction of sp³-hybridized carbons (Fsp3) is 0.550. The van der Waals surface area contributed by atoms with Crippen molar-refractivity contribution in [3.8, 4) is 5.75 Å². The van der Waals surface area contributed by atoms with Gasteiger partial charge in [0.25, 0.3) is 0 Å². The van der Waals surface area contributed by atoms with Gasteiger partial charge in [0, 0.05) is 32.5 Å². The quantitative estimate of drug-likeness (QED) is 0.320. The van der Waals surface area contributed by atoms with Gasteiger partial charge >= 0.3 is 0 Å². The van der Waals surface area contributed by atoms with Gasteiger partial charge in [-0.05, 0) is 31.5 Å². The number of hydrogen-bond donors (Lipinski definition) is 1. The largest absolute Gasteiger partial charge is 0.494 e. The number of nitrogens with one attached hydrogen (secondary N) is 1. The molecule has 156 valence electrons. The standard InChI is InChI=1S/C20H31N5O2.HI/c1-6-21-20(22-13-12-18-23-19(15(3)4)24-27-18)25(5)14-16-8-10-17(11-9-16)26-7-2;/h8-11,15H,6-7,12-14H2,1-5H3,(H,21,22);1H. The molecular formula is C20H32IN5O2. The number of guanidine groups is 1. The summed E-state index contributed by atoms with van der Waals surface area (Å²) >= 11 is 0. The van der Waals surface area contributed by atoms with E-state index in [0.717, 1.165) is 30.6 Å². The number of hydrogen-bond acceptors (Lipinski definition) is 5. The van der Waals surface area contributed by atoms with Gasteiger partial charge in [-0.2, -0.15) is 4.98 Å². The lowest BCUT2D eigenvalue weighted by atomic mass is 10.2. The molecule has 1 heterocycles. The summed E-state index contributed by atoms with van der Waals surface area (Å²) in [6.07, 6.45) is 0.630. The fourth-order valence-electron chi connectivity index (χ4n) is 2.54. The van der Waals surface area contributed by atoms with Crippen LogP contribution in [0.2, 0.25) is 0 Å². The summed E-state index contributed by atoms with van der Waals surface area (Å²) in [4.78, 5) is 11.2. The predicted molar refractivity (Wildman–Crippen MR) is 123 cm³/mol. The molecule has 8 heteroatoms. The molecule has 1 N–H and O–H groups in total. The summed E-state index contributed by atoms with van der Waals surface area (Å²) in [5.41, 5.74) is 1.20. The van der Waals surface area contributed by atoms with Crippen molar-refractivity contribution in [1.29, 1.82) is 0 Å². The van der Waals surface area contributed by atoms with Crippen LogP contribution in [0.25, 0.3) is 0 Å². The molecule has 0 atom stereocenters. The van der Waals surface area contributed by atoms with Crippen molar-refractivity contribution < 1.29 is 9.26 Å². The highest BCUT2D eigenvalue weighted by Crippen LogP contribution is 2.13. The average Bonchev–Trinajstić information content (AvgIpc) is 3.12. The third-order valence-electron chi connectivity index (χ3n) is 3.94. The minimum Gasteiger partial charge on any atom is -0.494 e. The molecule has 1 aromatic carbocycles. The zero-order valence-corrected chi connectivity index (χ0v) is 19.8. The van der Waals surface area contributed by atoms with Crippen molar-refractivity contribution in [3.63, 3.8) is 0 Å². The van der Waals surface area contributed by atoms with Gasteiger partial charge in [0.05, 0.1) is 13.2 Å². The van der Waals surface area contributed by atoms with E-state index in [9.17, 15) is 0 Å². The summed E-state index contributed by atoms with van der Waals surface area (Å²) in [5, 5.41) is 7.32. The molecule has 0 aliphatic carbocycles. The molecule has 2 rings (SSSR count). The van der Waals surface area contributed by atoms with Crippen molar-refractivity contribution in [2.75, 3.05) is 26.7 Å². The van der Waals surface area contributed by atoms with E-state index in [0.29, 0.717) is 25.5 Å². The lowest BCUT2D eigenvalue weighted by molar-refractivity contribution is 0.340. The van der Waals surface area contributed by atoms with E-state index in [4.69, 9.17) is 9.26 Å². The third kappa shape index (κ3) is 7.65. The number of ether oxygens (including phenoxy) is 1. The first-order valence-corrected chi connectivity index (χ1v) is 9.57. The Morgan fingerprint density at radius 3 is 2.54 bits per heavy atom. The Balaban J connectivity index is 0.00000392. The highest BCUT2D eigenvalue weighted by atomic mass is 127. The van der Waals surface area contributed by atoms with Crippen LogP contribution in [0.15, 0.2) is 33.8 Å². The molecule has 0 amide bonds. The minimum absolute atomic E-state index is 0. The highest BCUT2D eigenvalue weighted by molar-refractivity contribution is 14.0. The molecule has 0 fully saturated rings. The summed E-state index contributed by atoms with van der Waals surface area (Å²) in [5.74, 6) is 3.39. The third-order valence-corrected chi connectivity index (χ3v) is 3.94. The van der Waals surface area contributed by atoms with Crippen LogP contribution >= 0.6 is 24.0 Å². The number of aliphatic imine (C=N–C) groups is 1. The summed E-state index contributed by atoms with van der Waals surface area (Å²) in [6, 6.07) is 8.16.